The molecule has 2 fully saturated rings. The van der Waals surface area contributed by atoms with E-state index in [2.05, 4.69) is 6.92 Å². The van der Waals surface area contributed by atoms with Gasteiger partial charge in [-0.2, -0.15) is 0 Å². The van der Waals surface area contributed by atoms with Gasteiger partial charge in [-0.15, -0.1) is 0 Å². The Morgan fingerprint density at radius 1 is 1.41 bits per heavy atom. The Balaban J connectivity index is 1.94. The number of hydrogen-bond donors (Lipinski definition) is 1. The molecule has 0 aliphatic carbocycles. The number of hydrogen-bond acceptors (Lipinski definition) is 4. The summed E-state index contributed by atoms with van der Waals surface area (Å²) in [6.45, 7) is 5.16. The molecule has 5 heteroatoms. The van der Waals surface area contributed by atoms with E-state index in [0.717, 1.165) is 12.8 Å². The lowest BCUT2D eigenvalue weighted by atomic mass is 9.97. The Morgan fingerprint density at radius 2 is 2.24 bits per heavy atom. The summed E-state index contributed by atoms with van der Waals surface area (Å²) < 4.78 is 11.0. The molecule has 2 aliphatic rings. The maximum absolute atomic E-state index is 12.4. The second-order valence-electron chi connectivity index (χ2n) is 4.73. The van der Waals surface area contributed by atoms with E-state index in [9.17, 15) is 4.79 Å². The average Bonchev–Trinajstić information content (AvgIpc) is 2.86. The van der Waals surface area contributed by atoms with E-state index >= 15 is 0 Å². The number of carbonyl (C=O) groups excluding carboxylic acids is 1. The van der Waals surface area contributed by atoms with Crippen molar-refractivity contribution in [3.63, 3.8) is 0 Å². The van der Waals surface area contributed by atoms with Gasteiger partial charge in [0.1, 0.15) is 0 Å². The van der Waals surface area contributed by atoms with Crippen LogP contribution in [0.5, 0.6) is 0 Å². The number of amides is 1. The quantitative estimate of drug-likeness (QED) is 0.756. The number of nitrogens with zero attached hydrogens (tertiary/aromatic N) is 1. The third kappa shape index (κ3) is 2.78. The van der Waals surface area contributed by atoms with Gasteiger partial charge in [-0.25, -0.2) is 0 Å². The molecular formula is C12H22N2O3. The fourth-order valence-electron chi connectivity index (χ4n) is 2.63. The molecular weight excluding hydrogens is 220 g/mol. The molecule has 0 spiro atoms. The number of nitrogens with two attached hydrogens (primary N) is 1. The molecule has 3 atom stereocenters. The van der Waals surface area contributed by atoms with Crippen molar-refractivity contribution in [2.75, 3.05) is 32.8 Å². The third-order valence-corrected chi connectivity index (χ3v) is 3.64. The molecule has 0 radical (unpaired) electrons. The highest BCUT2D eigenvalue weighted by Crippen LogP contribution is 2.26. The van der Waals surface area contributed by atoms with E-state index in [-0.39, 0.29) is 24.0 Å². The Bertz CT molecular complexity index is 272. The van der Waals surface area contributed by atoms with Crippen molar-refractivity contribution in [2.45, 2.75) is 32.0 Å². The van der Waals surface area contributed by atoms with E-state index in [0.29, 0.717) is 32.8 Å². The van der Waals surface area contributed by atoms with Crippen LogP contribution in [0.3, 0.4) is 0 Å². The predicted octanol–water partition coefficient (Wildman–Crippen LogP) is -0.0124. The highest BCUT2D eigenvalue weighted by Gasteiger charge is 2.36. The smallest absolute Gasteiger partial charge is 0.228 e. The molecule has 1 amide bonds. The van der Waals surface area contributed by atoms with Crippen molar-refractivity contribution in [1.29, 1.82) is 0 Å². The van der Waals surface area contributed by atoms with Gasteiger partial charge in [-0.1, -0.05) is 6.92 Å². The topological polar surface area (TPSA) is 64.8 Å². The zero-order valence-electron chi connectivity index (χ0n) is 10.4. The highest BCUT2D eigenvalue weighted by atomic mass is 16.5. The monoisotopic (exact) mass is 242 g/mol. The fraction of sp³-hybridized carbons (Fsp3) is 0.917. The van der Waals surface area contributed by atoms with Gasteiger partial charge in [-0.05, 0) is 12.8 Å². The molecule has 5 nitrogen and oxygen atoms in total. The maximum atomic E-state index is 12.4. The van der Waals surface area contributed by atoms with Gasteiger partial charge in [-0.3, -0.25) is 4.79 Å². The molecule has 98 valence electrons. The lowest BCUT2D eigenvalue weighted by molar-refractivity contribution is -0.144. The van der Waals surface area contributed by atoms with Crippen LogP contribution in [0, 0.1) is 5.92 Å². The normalized spacial score (nSPS) is 34.0. The maximum Gasteiger partial charge on any atom is 0.228 e. The van der Waals surface area contributed by atoms with Crippen molar-refractivity contribution in [3.05, 3.63) is 0 Å². The van der Waals surface area contributed by atoms with Crippen LogP contribution >= 0.6 is 0 Å². The van der Waals surface area contributed by atoms with Crippen LogP contribution < -0.4 is 5.73 Å². The minimum absolute atomic E-state index is 0.00454. The Kier molecular flexibility index (Phi) is 4.36. The fourth-order valence-corrected chi connectivity index (χ4v) is 2.63. The minimum atomic E-state index is -0.00454. The van der Waals surface area contributed by atoms with Gasteiger partial charge in [0.15, 0.2) is 0 Å². The van der Waals surface area contributed by atoms with Crippen LogP contribution in [0.15, 0.2) is 0 Å². The zero-order chi connectivity index (χ0) is 12.3. The van der Waals surface area contributed by atoms with E-state index in [1.54, 1.807) is 0 Å². The molecule has 0 aromatic carbocycles. The van der Waals surface area contributed by atoms with E-state index < -0.39 is 0 Å². The molecule has 2 N–H and O–H groups in total. The van der Waals surface area contributed by atoms with Crippen LogP contribution in [0.1, 0.15) is 19.8 Å². The first-order chi connectivity index (χ1) is 8.26. The molecule has 0 bridgehead atoms. The number of rotatable bonds is 3. The van der Waals surface area contributed by atoms with E-state index in [4.69, 9.17) is 15.2 Å². The number of carbonyl (C=O) groups is 1. The third-order valence-electron chi connectivity index (χ3n) is 3.64. The number of ether oxygens (including phenoxy) is 2. The van der Waals surface area contributed by atoms with Crippen LogP contribution in [-0.2, 0) is 14.3 Å². The summed E-state index contributed by atoms with van der Waals surface area (Å²) in [6.07, 6.45) is 1.85. The molecule has 0 aromatic heterocycles. The predicted molar refractivity (Wildman–Crippen MR) is 63.5 cm³/mol. The van der Waals surface area contributed by atoms with Gasteiger partial charge < -0.3 is 20.1 Å². The van der Waals surface area contributed by atoms with Gasteiger partial charge >= 0.3 is 0 Å². The minimum Gasteiger partial charge on any atom is -0.377 e. The first-order valence-electron chi connectivity index (χ1n) is 6.48. The van der Waals surface area contributed by atoms with E-state index in [1.165, 1.54) is 0 Å². The average molecular weight is 242 g/mol. The summed E-state index contributed by atoms with van der Waals surface area (Å²) in [4.78, 5) is 14.3. The molecule has 2 rings (SSSR count). The first kappa shape index (κ1) is 12.8. The van der Waals surface area contributed by atoms with Crippen LogP contribution in [0.4, 0.5) is 0 Å². The molecule has 17 heavy (non-hydrogen) atoms. The molecule has 0 saturated carbocycles. The second kappa shape index (κ2) is 5.80. The van der Waals surface area contributed by atoms with Gasteiger partial charge in [0, 0.05) is 26.2 Å². The van der Waals surface area contributed by atoms with Crippen molar-refractivity contribution in [2.24, 2.45) is 11.7 Å². The second-order valence-corrected chi connectivity index (χ2v) is 4.73. The lowest BCUT2D eigenvalue weighted by Gasteiger charge is -2.34. The molecule has 0 aromatic rings. The summed E-state index contributed by atoms with van der Waals surface area (Å²) in [5.41, 5.74) is 5.58. The van der Waals surface area contributed by atoms with Crippen LogP contribution in [0.2, 0.25) is 0 Å². The summed E-state index contributed by atoms with van der Waals surface area (Å²) in [5.74, 6) is 0.257. The van der Waals surface area contributed by atoms with E-state index in [1.807, 2.05) is 4.90 Å². The lowest BCUT2D eigenvalue weighted by Crippen LogP contribution is -2.50. The van der Waals surface area contributed by atoms with Gasteiger partial charge in [0.25, 0.3) is 0 Å². The summed E-state index contributed by atoms with van der Waals surface area (Å²) in [7, 11) is 0. The summed E-state index contributed by atoms with van der Waals surface area (Å²) in [5, 5.41) is 0. The molecule has 2 saturated heterocycles. The Hall–Kier alpha value is -0.650. The molecule has 2 heterocycles. The number of morpholine rings is 1. The van der Waals surface area contributed by atoms with Crippen molar-refractivity contribution < 1.29 is 14.3 Å². The van der Waals surface area contributed by atoms with Crippen molar-refractivity contribution >= 4 is 5.91 Å². The summed E-state index contributed by atoms with van der Waals surface area (Å²) >= 11 is 0. The largest absolute Gasteiger partial charge is 0.377 e. The van der Waals surface area contributed by atoms with Crippen LogP contribution in [-0.4, -0.2) is 55.9 Å². The van der Waals surface area contributed by atoms with Crippen LogP contribution in [0.25, 0.3) is 0 Å². The molecule has 3 unspecified atom stereocenters. The summed E-state index contributed by atoms with van der Waals surface area (Å²) in [6, 6.07) is 0. The van der Waals surface area contributed by atoms with Gasteiger partial charge in [0.2, 0.25) is 5.91 Å². The first-order valence-corrected chi connectivity index (χ1v) is 6.48. The Morgan fingerprint density at radius 3 is 2.94 bits per heavy atom. The highest BCUT2D eigenvalue weighted by molar-refractivity contribution is 5.79. The van der Waals surface area contributed by atoms with Crippen molar-refractivity contribution in [1.82, 2.24) is 4.90 Å². The van der Waals surface area contributed by atoms with Crippen molar-refractivity contribution in [3.8, 4) is 0 Å². The Labute approximate surface area is 102 Å². The zero-order valence-corrected chi connectivity index (χ0v) is 10.4. The molecule has 2 aliphatic heterocycles. The standard InChI is InChI=1S/C12H22N2O3/c1-2-11-10(3-5-17-11)12(15)14-4-6-16-9(7-13)8-14/h9-11H,2-8,13H2,1H3. The van der Waals surface area contributed by atoms with Gasteiger partial charge in [0.05, 0.1) is 24.7 Å². The SMILES string of the molecule is CCC1OCCC1C(=O)N1CCOC(CN)C1.